The van der Waals surface area contributed by atoms with Gasteiger partial charge in [0.25, 0.3) is 0 Å². The molecule has 4 heteroatoms. The minimum atomic E-state index is -0.185. The quantitative estimate of drug-likeness (QED) is 0.892. The molecule has 1 fully saturated rings. The fourth-order valence-corrected chi connectivity index (χ4v) is 2.45. The summed E-state index contributed by atoms with van der Waals surface area (Å²) in [6.07, 6.45) is 0. The third-order valence-electron chi connectivity index (χ3n) is 3.34. The van der Waals surface area contributed by atoms with Crippen molar-refractivity contribution in [1.82, 2.24) is 5.32 Å². The predicted octanol–water partition coefficient (Wildman–Crippen LogP) is 2.16. The molecule has 1 saturated heterocycles. The number of ether oxygens (including phenoxy) is 1. The van der Waals surface area contributed by atoms with Gasteiger partial charge in [-0.3, -0.25) is 0 Å². The van der Waals surface area contributed by atoms with Crippen LogP contribution in [0.15, 0.2) is 18.2 Å². The molecular formula is C14H21FN2O. The Morgan fingerprint density at radius 3 is 2.89 bits per heavy atom. The Morgan fingerprint density at radius 1 is 1.44 bits per heavy atom. The van der Waals surface area contributed by atoms with Gasteiger partial charge in [-0.25, -0.2) is 4.39 Å². The van der Waals surface area contributed by atoms with Gasteiger partial charge >= 0.3 is 0 Å². The van der Waals surface area contributed by atoms with Gasteiger partial charge < -0.3 is 15.0 Å². The van der Waals surface area contributed by atoms with Crippen LogP contribution in [0.5, 0.6) is 0 Å². The van der Waals surface area contributed by atoms with E-state index < -0.39 is 0 Å². The fraction of sp³-hybridized carbons (Fsp3) is 0.571. The second-order valence-electron chi connectivity index (χ2n) is 5.32. The maximum atomic E-state index is 13.4. The van der Waals surface area contributed by atoms with Gasteiger partial charge in [0.05, 0.1) is 18.8 Å². The van der Waals surface area contributed by atoms with E-state index in [0.29, 0.717) is 13.2 Å². The van der Waals surface area contributed by atoms with E-state index >= 15 is 0 Å². The molecule has 1 aromatic carbocycles. The van der Waals surface area contributed by atoms with Gasteiger partial charge in [0.2, 0.25) is 0 Å². The molecule has 2 rings (SSSR count). The third-order valence-corrected chi connectivity index (χ3v) is 3.34. The summed E-state index contributed by atoms with van der Waals surface area (Å²) in [6.45, 7) is 7.23. The van der Waals surface area contributed by atoms with E-state index in [9.17, 15) is 4.39 Å². The molecule has 1 aliphatic heterocycles. The van der Waals surface area contributed by atoms with E-state index in [-0.39, 0.29) is 11.4 Å². The number of morpholine rings is 1. The van der Waals surface area contributed by atoms with Crippen LogP contribution >= 0.6 is 0 Å². The number of benzene rings is 1. The fourth-order valence-electron chi connectivity index (χ4n) is 2.45. The van der Waals surface area contributed by atoms with Gasteiger partial charge in [-0.15, -0.1) is 0 Å². The van der Waals surface area contributed by atoms with Crippen molar-refractivity contribution in [3.8, 4) is 0 Å². The standard InChI is InChI=1S/C14H21FN2O/c1-14(2)10-18-7-6-17(14)13-5-4-12(15)8-11(13)9-16-3/h4-5,8,16H,6-7,9-10H2,1-3H3. The van der Waals surface area contributed by atoms with E-state index in [2.05, 4.69) is 24.1 Å². The van der Waals surface area contributed by atoms with E-state index in [0.717, 1.165) is 24.4 Å². The Bertz CT molecular complexity index is 420. The Kier molecular flexibility index (Phi) is 3.88. The molecular weight excluding hydrogens is 231 g/mol. The van der Waals surface area contributed by atoms with Gasteiger partial charge in [0, 0.05) is 18.8 Å². The van der Waals surface area contributed by atoms with Crippen molar-refractivity contribution >= 4 is 5.69 Å². The molecule has 1 aliphatic rings. The van der Waals surface area contributed by atoms with Crippen LogP contribution in [0, 0.1) is 5.82 Å². The van der Waals surface area contributed by atoms with Crippen molar-refractivity contribution in [3.05, 3.63) is 29.6 Å². The normalized spacial score (nSPS) is 19.0. The van der Waals surface area contributed by atoms with Gasteiger partial charge in [-0.2, -0.15) is 0 Å². The molecule has 0 bridgehead atoms. The first kappa shape index (κ1) is 13.3. The first-order valence-electron chi connectivity index (χ1n) is 6.33. The maximum Gasteiger partial charge on any atom is 0.123 e. The lowest BCUT2D eigenvalue weighted by atomic mass is 9.99. The molecule has 0 saturated carbocycles. The van der Waals surface area contributed by atoms with E-state index in [1.54, 1.807) is 6.07 Å². The molecule has 1 aromatic rings. The summed E-state index contributed by atoms with van der Waals surface area (Å²) < 4.78 is 18.9. The molecule has 1 N–H and O–H groups in total. The molecule has 18 heavy (non-hydrogen) atoms. The molecule has 1 heterocycles. The van der Waals surface area contributed by atoms with Crippen molar-refractivity contribution in [1.29, 1.82) is 0 Å². The van der Waals surface area contributed by atoms with Crippen LogP contribution in [0.25, 0.3) is 0 Å². The van der Waals surface area contributed by atoms with Gasteiger partial charge in [0.1, 0.15) is 5.82 Å². The third kappa shape index (κ3) is 2.65. The van der Waals surface area contributed by atoms with Crippen molar-refractivity contribution in [2.75, 3.05) is 31.7 Å². The topological polar surface area (TPSA) is 24.5 Å². The average molecular weight is 252 g/mol. The molecule has 0 aromatic heterocycles. The molecule has 100 valence electrons. The Hall–Kier alpha value is -1.13. The Labute approximate surface area is 108 Å². The lowest BCUT2D eigenvalue weighted by Gasteiger charge is -2.44. The second-order valence-corrected chi connectivity index (χ2v) is 5.32. The monoisotopic (exact) mass is 252 g/mol. The highest BCUT2D eigenvalue weighted by atomic mass is 19.1. The number of nitrogens with zero attached hydrogens (tertiary/aromatic N) is 1. The summed E-state index contributed by atoms with van der Waals surface area (Å²) in [5, 5.41) is 3.09. The van der Waals surface area contributed by atoms with Crippen LogP contribution in [-0.2, 0) is 11.3 Å². The highest BCUT2D eigenvalue weighted by molar-refractivity contribution is 5.56. The zero-order chi connectivity index (χ0) is 13.2. The lowest BCUT2D eigenvalue weighted by molar-refractivity contribution is 0.0643. The van der Waals surface area contributed by atoms with Gasteiger partial charge in [0.15, 0.2) is 0 Å². The SMILES string of the molecule is CNCc1cc(F)ccc1N1CCOCC1(C)C. The van der Waals surface area contributed by atoms with E-state index in [1.807, 2.05) is 13.1 Å². The smallest absolute Gasteiger partial charge is 0.123 e. The number of hydrogen-bond donors (Lipinski definition) is 1. The minimum absolute atomic E-state index is 0.0570. The van der Waals surface area contributed by atoms with E-state index in [4.69, 9.17) is 4.74 Å². The zero-order valence-electron chi connectivity index (χ0n) is 11.3. The molecule has 0 unspecified atom stereocenters. The highest BCUT2D eigenvalue weighted by Gasteiger charge is 2.31. The van der Waals surface area contributed by atoms with Crippen molar-refractivity contribution in [2.24, 2.45) is 0 Å². The number of hydrogen-bond acceptors (Lipinski definition) is 3. The Balaban J connectivity index is 2.36. The van der Waals surface area contributed by atoms with Crippen LogP contribution in [0.3, 0.4) is 0 Å². The average Bonchev–Trinajstić information content (AvgIpc) is 2.30. The summed E-state index contributed by atoms with van der Waals surface area (Å²) in [7, 11) is 1.87. The molecule has 3 nitrogen and oxygen atoms in total. The largest absolute Gasteiger partial charge is 0.377 e. The van der Waals surface area contributed by atoms with Crippen molar-refractivity contribution < 1.29 is 9.13 Å². The molecule has 0 amide bonds. The minimum Gasteiger partial charge on any atom is -0.377 e. The summed E-state index contributed by atoms with van der Waals surface area (Å²) in [4.78, 5) is 2.31. The number of nitrogens with one attached hydrogen (secondary N) is 1. The number of halogens is 1. The van der Waals surface area contributed by atoms with Crippen LogP contribution in [0.4, 0.5) is 10.1 Å². The van der Waals surface area contributed by atoms with Crippen LogP contribution in [0.2, 0.25) is 0 Å². The zero-order valence-corrected chi connectivity index (χ0v) is 11.3. The summed E-state index contributed by atoms with van der Waals surface area (Å²) in [5.41, 5.74) is 2.03. The summed E-state index contributed by atoms with van der Waals surface area (Å²) in [5.74, 6) is -0.185. The Morgan fingerprint density at radius 2 is 2.22 bits per heavy atom. The number of anilines is 1. The van der Waals surface area contributed by atoms with Crippen LogP contribution in [0.1, 0.15) is 19.4 Å². The second kappa shape index (κ2) is 5.24. The summed E-state index contributed by atoms with van der Waals surface area (Å²) in [6, 6.07) is 5.01. The maximum absolute atomic E-state index is 13.4. The molecule has 0 atom stereocenters. The number of rotatable bonds is 3. The highest BCUT2D eigenvalue weighted by Crippen LogP contribution is 2.30. The van der Waals surface area contributed by atoms with Gasteiger partial charge in [-0.1, -0.05) is 0 Å². The molecule has 0 aliphatic carbocycles. The van der Waals surface area contributed by atoms with Crippen molar-refractivity contribution in [2.45, 2.75) is 25.9 Å². The predicted molar refractivity (Wildman–Crippen MR) is 71.4 cm³/mol. The molecule has 0 spiro atoms. The first-order valence-corrected chi connectivity index (χ1v) is 6.33. The lowest BCUT2D eigenvalue weighted by Crippen LogP contribution is -2.53. The van der Waals surface area contributed by atoms with E-state index in [1.165, 1.54) is 6.07 Å². The van der Waals surface area contributed by atoms with Crippen LogP contribution < -0.4 is 10.2 Å². The first-order chi connectivity index (χ1) is 8.54. The van der Waals surface area contributed by atoms with Crippen LogP contribution in [-0.4, -0.2) is 32.3 Å². The summed E-state index contributed by atoms with van der Waals surface area (Å²) >= 11 is 0. The van der Waals surface area contributed by atoms with Gasteiger partial charge in [-0.05, 0) is 44.7 Å². The molecule has 0 radical (unpaired) electrons. The van der Waals surface area contributed by atoms with Crippen molar-refractivity contribution in [3.63, 3.8) is 0 Å².